The lowest BCUT2D eigenvalue weighted by Gasteiger charge is -2.25. The van der Waals surface area contributed by atoms with Crippen molar-refractivity contribution in [1.82, 2.24) is 19.7 Å². The van der Waals surface area contributed by atoms with Gasteiger partial charge >= 0.3 is 6.36 Å². The number of fused-ring (bicyclic) bond motifs is 1. The molecule has 0 radical (unpaired) electrons. The monoisotopic (exact) mass is 449 g/mol. The normalized spacial score (nSPS) is 28.7. The van der Waals surface area contributed by atoms with E-state index in [9.17, 15) is 13.2 Å². The van der Waals surface area contributed by atoms with Crippen LogP contribution in [0.5, 0.6) is 5.75 Å². The van der Waals surface area contributed by atoms with Gasteiger partial charge in [0, 0.05) is 35.5 Å². The van der Waals surface area contributed by atoms with Crippen molar-refractivity contribution in [2.45, 2.75) is 70.3 Å². The van der Waals surface area contributed by atoms with Gasteiger partial charge in [-0.25, -0.2) is 4.98 Å². The molecule has 1 saturated heterocycles. The molecule has 3 heterocycles. The minimum Gasteiger partial charge on any atom is -0.402 e. The van der Waals surface area contributed by atoms with E-state index in [1.54, 1.807) is 0 Å². The van der Waals surface area contributed by atoms with Gasteiger partial charge in [-0.1, -0.05) is 6.92 Å². The molecule has 3 fully saturated rings. The van der Waals surface area contributed by atoms with Gasteiger partial charge in [-0.2, -0.15) is 5.10 Å². The molecule has 0 aromatic carbocycles. The molecule has 0 spiro atoms. The Balaban J connectivity index is 1.40. The van der Waals surface area contributed by atoms with E-state index in [0.29, 0.717) is 35.1 Å². The van der Waals surface area contributed by atoms with E-state index in [1.807, 2.05) is 6.07 Å². The van der Waals surface area contributed by atoms with Crippen molar-refractivity contribution in [2.24, 2.45) is 11.8 Å². The van der Waals surface area contributed by atoms with Crippen LogP contribution in [0.1, 0.15) is 63.6 Å². The lowest BCUT2D eigenvalue weighted by molar-refractivity contribution is -0.274. The van der Waals surface area contributed by atoms with E-state index in [2.05, 4.69) is 33.2 Å². The molecule has 9 heteroatoms. The van der Waals surface area contributed by atoms with Crippen LogP contribution in [-0.4, -0.2) is 45.2 Å². The summed E-state index contributed by atoms with van der Waals surface area (Å²) in [5.74, 6) is 1.06. The van der Waals surface area contributed by atoms with E-state index >= 15 is 0 Å². The lowest BCUT2D eigenvalue weighted by Crippen LogP contribution is -2.31. The standard InChI is InChI=1S/C23H30F3N5O/c1-3-13(2)31-19(21-16-9-15(10-17(16)21)30-6-4-5-7-30)11-18(29-31)14-8-20(22(27)28-12-14)32-23(24,25)26/h8,11-13,15-17,21H,3-7,9-10H2,1-2H3,(H2,27,28). The molecule has 6 nitrogen and oxygen atoms in total. The van der Waals surface area contributed by atoms with Gasteiger partial charge in [0.1, 0.15) is 0 Å². The maximum absolute atomic E-state index is 12.7. The molecule has 3 unspecified atom stereocenters. The fourth-order valence-electron chi connectivity index (χ4n) is 5.78. The summed E-state index contributed by atoms with van der Waals surface area (Å²) >= 11 is 0. The lowest BCUT2D eigenvalue weighted by atomic mass is 10.0. The SMILES string of the molecule is CCC(C)n1nc(-c2cnc(N)c(OC(F)(F)F)c2)cc1C1C2CC(N3CCCC3)CC21. The number of nitrogens with two attached hydrogens (primary N) is 1. The number of pyridine rings is 1. The molecule has 0 amide bonds. The van der Waals surface area contributed by atoms with Crippen molar-refractivity contribution in [3.63, 3.8) is 0 Å². The predicted molar refractivity (Wildman–Crippen MR) is 115 cm³/mol. The van der Waals surface area contributed by atoms with Gasteiger partial charge in [0.05, 0.1) is 5.69 Å². The third-order valence-corrected chi connectivity index (χ3v) is 7.59. The number of nitrogens with zero attached hydrogens (tertiary/aromatic N) is 4. The Morgan fingerprint density at radius 3 is 2.50 bits per heavy atom. The summed E-state index contributed by atoms with van der Waals surface area (Å²) in [6.45, 7) is 6.71. The van der Waals surface area contributed by atoms with Crippen LogP contribution in [0.2, 0.25) is 0 Å². The zero-order valence-electron chi connectivity index (χ0n) is 18.5. The summed E-state index contributed by atoms with van der Waals surface area (Å²) in [5, 5.41) is 4.79. The maximum Gasteiger partial charge on any atom is 0.573 e. The van der Waals surface area contributed by atoms with Gasteiger partial charge in [-0.3, -0.25) is 4.68 Å². The number of hydrogen-bond donors (Lipinski definition) is 1. The van der Waals surface area contributed by atoms with Crippen LogP contribution < -0.4 is 10.5 Å². The third kappa shape index (κ3) is 3.95. The van der Waals surface area contributed by atoms with Gasteiger partial charge in [-0.15, -0.1) is 13.2 Å². The minimum absolute atomic E-state index is 0.210. The van der Waals surface area contributed by atoms with Gasteiger partial charge in [-0.05, 0) is 76.1 Å². The molecule has 2 aromatic heterocycles. The average Bonchev–Trinajstić information content (AvgIpc) is 3.25. The van der Waals surface area contributed by atoms with Crippen LogP contribution in [0.25, 0.3) is 11.3 Å². The Bertz CT molecular complexity index is 972. The van der Waals surface area contributed by atoms with E-state index < -0.39 is 12.1 Å². The molecule has 5 rings (SSSR count). The largest absolute Gasteiger partial charge is 0.573 e. The van der Waals surface area contributed by atoms with E-state index in [4.69, 9.17) is 10.8 Å². The zero-order chi connectivity index (χ0) is 22.6. The van der Waals surface area contributed by atoms with Crippen molar-refractivity contribution in [1.29, 1.82) is 0 Å². The van der Waals surface area contributed by atoms with Crippen molar-refractivity contribution >= 4 is 5.82 Å². The van der Waals surface area contributed by atoms with Crippen LogP contribution in [0.4, 0.5) is 19.0 Å². The highest BCUT2D eigenvalue weighted by atomic mass is 19.4. The van der Waals surface area contributed by atoms with Gasteiger partial charge in [0.25, 0.3) is 0 Å². The van der Waals surface area contributed by atoms with E-state index in [1.165, 1.54) is 56.7 Å². The molecule has 174 valence electrons. The number of hydrogen-bond acceptors (Lipinski definition) is 5. The Labute approximate surface area is 185 Å². The summed E-state index contributed by atoms with van der Waals surface area (Å²) in [6.07, 6.45) is 2.67. The van der Waals surface area contributed by atoms with Crippen molar-refractivity contribution in [3.8, 4) is 17.0 Å². The fraction of sp³-hybridized carbons (Fsp3) is 0.652. The number of aromatic nitrogens is 3. The number of likely N-dealkylation sites (tertiary alicyclic amines) is 1. The van der Waals surface area contributed by atoms with Gasteiger partial charge < -0.3 is 15.4 Å². The molecule has 2 aliphatic carbocycles. The Hall–Kier alpha value is -2.29. The number of halogens is 3. The molecule has 0 bridgehead atoms. The Kier molecular flexibility index (Phi) is 5.34. The summed E-state index contributed by atoms with van der Waals surface area (Å²) < 4.78 is 44.3. The molecule has 2 aromatic rings. The number of rotatable bonds is 6. The number of ether oxygens (including phenoxy) is 1. The average molecular weight is 450 g/mol. The topological polar surface area (TPSA) is 69.2 Å². The van der Waals surface area contributed by atoms with Crippen molar-refractivity contribution in [2.75, 3.05) is 18.8 Å². The first kappa shape index (κ1) is 21.6. The summed E-state index contributed by atoms with van der Waals surface area (Å²) in [7, 11) is 0. The molecule has 2 saturated carbocycles. The highest BCUT2D eigenvalue weighted by Crippen LogP contribution is 2.64. The first-order valence-electron chi connectivity index (χ1n) is 11.6. The summed E-state index contributed by atoms with van der Waals surface area (Å²) in [4.78, 5) is 6.57. The van der Waals surface area contributed by atoms with Crippen LogP contribution in [-0.2, 0) is 0 Å². The molecule has 3 atom stereocenters. The quantitative estimate of drug-likeness (QED) is 0.673. The van der Waals surface area contributed by atoms with Crippen LogP contribution in [0, 0.1) is 11.8 Å². The molecule has 32 heavy (non-hydrogen) atoms. The van der Waals surface area contributed by atoms with E-state index in [0.717, 1.165) is 6.42 Å². The highest BCUT2D eigenvalue weighted by molar-refractivity contribution is 5.64. The Morgan fingerprint density at radius 1 is 1.19 bits per heavy atom. The van der Waals surface area contributed by atoms with E-state index in [-0.39, 0.29) is 11.9 Å². The first-order chi connectivity index (χ1) is 15.2. The zero-order valence-corrected chi connectivity index (χ0v) is 18.5. The second-order valence-corrected chi connectivity index (χ2v) is 9.53. The number of nitrogen functional groups attached to an aromatic ring is 1. The molecular formula is C23H30F3N5O. The van der Waals surface area contributed by atoms with Crippen molar-refractivity contribution < 1.29 is 17.9 Å². The highest BCUT2D eigenvalue weighted by Gasteiger charge is 2.58. The summed E-state index contributed by atoms with van der Waals surface area (Å²) in [5.41, 5.74) is 7.88. The minimum atomic E-state index is -4.83. The maximum atomic E-state index is 12.7. The molecule has 3 aliphatic rings. The van der Waals surface area contributed by atoms with Gasteiger partial charge in [0.2, 0.25) is 0 Å². The number of anilines is 1. The second-order valence-electron chi connectivity index (χ2n) is 9.53. The van der Waals surface area contributed by atoms with Crippen LogP contribution in [0.15, 0.2) is 18.3 Å². The van der Waals surface area contributed by atoms with Gasteiger partial charge in [0.15, 0.2) is 11.6 Å². The number of alkyl halides is 3. The summed E-state index contributed by atoms with van der Waals surface area (Å²) in [6, 6.07) is 4.23. The smallest absolute Gasteiger partial charge is 0.402 e. The first-order valence-corrected chi connectivity index (χ1v) is 11.6. The van der Waals surface area contributed by atoms with Crippen LogP contribution in [0.3, 0.4) is 0 Å². The fourth-order valence-corrected chi connectivity index (χ4v) is 5.78. The third-order valence-electron chi connectivity index (χ3n) is 7.59. The molecular weight excluding hydrogens is 419 g/mol. The predicted octanol–water partition coefficient (Wildman–Crippen LogP) is 4.98. The molecule has 1 aliphatic heterocycles. The molecule has 2 N–H and O–H groups in total. The Morgan fingerprint density at radius 2 is 1.88 bits per heavy atom. The second kappa shape index (κ2) is 7.93. The van der Waals surface area contributed by atoms with Crippen LogP contribution >= 0.6 is 0 Å². The van der Waals surface area contributed by atoms with Crippen molar-refractivity contribution in [3.05, 3.63) is 24.0 Å².